The SMILES string of the molecule is CC(C)(Oc1cccc(-c2nc3ccccc3[nH]2)c1)C(=O)O. The molecular formula is C17H16N2O3. The lowest BCUT2D eigenvalue weighted by atomic mass is 10.1. The van der Waals surface area contributed by atoms with Gasteiger partial charge in [-0.2, -0.15) is 0 Å². The Morgan fingerprint density at radius 1 is 1.18 bits per heavy atom. The maximum atomic E-state index is 11.2. The molecule has 0 saturated carbocycles. The lowest BCUT2D eigenvalue weighted by molar-refractivity contribution is -0.152. The highest BCUT2D eigenvalue weighted by Gasteiger charge is 2.29. The van der Waals surface area contributed by atoms with Crippen LogP contribution in [-0.2, 0) is 4.79 Å². The van der Waals surface area contributed by atoms with Gasteiger partial charge in [0.05, 0.1) is 11.0 Å². The number of carboxylic acid groups (broad SMARTS) is 1. The summed E-state index contributed by atoms with van der Waals surface area (Å²) in [5.41, 5.74) is 1.39. The van der Waals surface area contributed by atoms with Crippen molar-refractivity contribution < 1.29 is 14.6 Å². The van der Waals surface area contributed by atoms with Crippen LogP contribution in [0.1, 0.15) is 13.8 Å². The van der Waals surface area contributed by atoms with Crippen molar-refractivity contribution in [2.24, 2.45) is 0 Å². The normalized spacial score (nSPS) is 11.5. The number of fused-ring (bicyclic) bond motifs is 1. The van der Waals surface area contributed by atoms with Gasteiger partial charge in [-0.25, -0.2) is 9.78 Å². The quantitative estimate of drug-likeness (QED) is 0.773. The maximum absolute atomic E-state index is 11.2. The number of ether oxygens (including phenoxy) is 1. The first-order valence-corrected chi connectivity index (χ1v) is 6.93. The van der Waals surface area contributed by atoms with Gasteiger partial charge in [0.25, 0.3) is 0 Å². The fourth-order valence-electron chi connectivity index (χ4n) is 2.13. The van der Waals surface area contributed by atoms with Crippen LogP contribution in [0, 0.1) is 0 Å². The zero-order chi connectivity index (χ0) is 15.7. The molecule has 0 radical (unpaired) electrons. The molecule has 5 heteroatoms. The van der Waals surface area contributed by atoms with E-state index in [-0.39, 0.29) is 0 Å². The van der Waals surface area contributed by atoms with Crippen molar-refractivity contribution in [3.8, 4) is 17.1 Å². The smallest absolute Gasteiger partial charge is 0.347 e. The summed E-state index contributed by atoms with van der Waals surface area (Å²) in [4.78, 5) is 18.9. The first-order chi connectivity index (χ1) is 10.5. The molecule has 2 aromatic carbocycles. The van der Waals surface area contributed by atoms with Gasteiger partial charge in [0.15, 0.2) is 5.60 Å². The predicted octanol–water partition coefficient (Wildman–Crippen LogP) is 3.47. The second-order valence-corrected chi connectivity index (χ2v) is 5.55. The summed E-state index contributed by atoms with van der Waals surface area (Å²) in [6.45, 7) is 3.03. The van der Waals surface area contributed by atoms with E-state index >= 15 is 0 Å². The van der Waals surface area contributed by atoms with Crippen LogP contribution in [0.5, 0.6) is 5.75 Å². The van der Waals surface area contributed by atoms with Crippen molar-refractivity contribution >= 4 is 17.0 Å². The van der Waals surface area contributed by atoms with Gasteiger partial charge in [-0.3, -0.25) is 0 Å². The molecular weight excluding hydrogens is 280 g/mol. The third-order valence-corrected chi connectivity index (χ3v) is 3.38. The number of imidazole rings is 1. The van der Waals surface area contributed by atoms with E-state index in [1.54, 1.807) is 12.1 Å². The van der Waals surface area contributed by atoms with E-state index in [0.29, 0.717) is 5.75 Å². The number of aromatic amines is 1. The molecule has 1 aromatic heterocycles. The Morgan fingerprint density at radius 2 is 1.95 bits per heavy atom. The number of benzene rings is 2. The highest BCUT2D eigenvalue weighted by Crippen LogP contribution is 2.26. The lowest BCUT2D eigenvalue weighted by Gasteiger charge is -2.21. The average molecular weight is 296 g/mol. The summed E-state index contributed by atoms with van der Waals surface area (Å²) in [6, 6.07) is 15.0. The molecule has 0 spiro atoms. The molecule has 0 bridgehead atoms. The van der Waals surface area contributed by atoms with Gasteiger partial charge in [-0.05, 0) is 38.1 Å². The summed E-state index contributed by atoms with van der Waals surface area (Å²) in [6.07, 6.45) is 0. The summed E-state index contributed by atoms with van der Waals surface area (Å²) in [5.74, 6) is 0.201. The van der Waals surface area contributed by atoms with E-state index in [2.05, 4.69) is 9.97 Å². The van der Waals surface area contributed by atoms with Crippen LogP contribution in [-0.4, -0.2) is 26.6 Å². The first kappa shape index (κ1) is 14.1. The zero-order valence-corrected chi connectivity index (χ0v) is 12.3. The summed E-state index contributed by atoms with van der Waals surface area (Å²) in [5, 5.41) is 9.14. The van der Waals surface area contributed by atoms with Gasteiger partial charge < -0.3 is 14.8 Å². The Bertz CT molecular complexity index is 804. The molecule has 1 heterocycles. The number of aliphatic carboxylic acids is 1. The third kappa shape index (κ3) is 2.65. The van der Waals surface area contributed by atoms with Crippen LogP contribution in [0.2, 0.25) is 0 Å². The van der Waals surface area contributed by atoms with Crippen LogP contribution < -0.4 is 4.74 Å². The molecule has 0 aliphatic heterocycles. The summed E-state index contributed by atoms with van der Waals surface area (Å²) >= 11 is 0. The number of hydrogen-bond donors (Lipinski definition) is 2. The fraction of sp³-hybridized carbons (Fsp3) is 0.176. The molecule has 0 aliphatic rings. The van der Waals surface area contributed by atoms with Gasteiger partial charge in [-0.15, -0.1) is 0 Å². The summed E-state index contributed by atoms with van der Waals surface area (Å²) in [7, 11) is 0. The monoisotopic (exact) mass is 296 g/mol. The highest BCUT2D eigenvalue weighted by molar-refractivity contribution is 5.79. The number of nitrogens with one attached hydrogen (secondary N) is 1. The van der Waals surface area contributed by atoms with Crippen LogP contribution >= 0.6 is 0 Å². The minimum absolute atomic E-state index is 0.491. The van der Waals surface area contributed by atoms with E-state index in [0.717, 1.165) is 22.4 Å². The number of carboxylic acids is 1. The molecule has 3 rings (SSSR count). The topological polar surface area (TPSA) is 75.2 Å². The maximum Gasteiger partial charge on any atom is 0.347 e. The molecule has 0 unspecified atom stereocenters. The van der Waals surface area contributed by atoms with Gasteiger partial charge in [0.1, 0.15) is 11.6 Å². The third-order valence-electron chi connectivity index (χ3n) is 3.38. The second-order valence-electron chi connectivity index (χ2n) is 5.55. The van der Waals surface area contributed by atoms with Crippen molar-refractivity contribution in [3.05, 3.63) is 48.5 Å². The van der Waals surface area contributed by atoms with Crippen molar-refractivity contribution in [1.82, 2.24) is 9.97 Å². The molecule has 0 amide bonds. The van der Waals surface area contributed by atoms with Crippen LogP contribution in [0.25, 0.3) is 22.4 Å². The van der Waals surface area contributed by atoms with Crippen molar-refractivity contribution in [2.75, 3.05) is 0 Å². The van der Waals surface area contributed by atoms with E-state index in [1.807, 2.05) is 36.4 Å². The minimum atomic E-state index is -1.29. The van der Waals surface area contributed by atoms with Crippen LogP contribution in [0.15, 0.2) is 48.5 Å². The average Bonchev–Trinajstić information content (AvgIpc) is 2.91. The van der Waals surface area contributed by atoms with Gasteiger partial charge in [0.2, 0.25) is 0 Å². The molecule has 112 valence electrons. The molecule has 0 atom stereocenters. The number of nitrogens with zero attached hydrogens (tertiary/aromatic N) is 1. The van der Waals surface area contributed by atoms with E-state index in [9.17, 15) is 4.79 Å². The Balaban J connectivity index is 1.95. The van der Waals surface area contributed by atoms with Gasteiger partial charge in [0, 0.05) is 5.56 Å². The lowest BCUT2D eigenvalue weighted by Crippen LogP contribution is -2.37. The fourth-order valence-corrected chi connectivity index (χ4v) is 2.13. The number of para-hydroxylation sites is 2. The standard InChI is InChI=1S/C17H16N2O3/c1-17(2,16(20)21)22-12-7-5-6-11(10-12)15-18-13-8-3-4-9-14(13)19-15/h3-10H,1-2H3,(H,18,19)(H,20,21). The minimum Gasteiger partial charge on any atom is -0.478 e. The number of hydrogen-bond acceptors (Lipinski definition) is 3. The largest absolute Gasteiger partial charge is 0.478 e. The summed E-state index contributed by atoms with van der Waals surface area (Å²) < 4.78 is 5.56. The van der Waals surface area contributed by atoms with Gasteiger partial charge in [-0.1, -0.05) is 24.3 Å². The molecule has 0 saturated heterocycles. The zero-order valence-electron chi connectivity index (χ0n) is 12.3. The van der Waals surface area contributed by atoms with Crippen molar-refractivity contribution in [1.29, 1.82) is 0 Å². The Morgan fingerprint density at radius 3 is 2.68 bits per heavy atom. The van der Waals surface area contributed by atoms with E-state index in [1.165, 1.54) is 13.8 Å². The number of carbonyl (C=O) groups is 1. The number of H-pyrrole nitrogens is 1. The van der Waals surface area contributed by atoms with Crippen molar-refractivity contribution in [2.45, 2.75) is 19.4 Å². The van der Waals surface area contributed by atoms with E-state index in [4.69, 9.17) is 9.84 Å². The predicted molar refractivity (Wildman–Crippen MR) is 83.9 cm³/mol. The Kier molecular flexibility index (Phi) is 3.33. The molecule has 22 heavy (non-hydrogen) atoms. The molecule has 2 N–H and O–H groups in total. The highest BCUT2D eigenvalue weighted by atomic mass is 16.5. The van der Waals surface area contributed by atoms with E-state index < -0.39 is 11.6 Å². The van der Waals surface area contributed by atoms with Crippen molar-refractivity contribution in [3.63, 3.8) is 0 Å². The second kappa shape index (κ2) is 5.18. The Labute approximate surface area is 127 Å². The first-order valence-electron chi connectivity index (χ1n) is 6.93. The number of aromatic nitrogens is 2. The Hall–Kier alpha value is -2.82. The number of rotatable bonds is 4. The molecule has 0 aliphatic carbocycles. The van der Waals surface area contributed by atoms with Crippen LogP contribution in [0.3, 0.4) is 0 Å². The molecule has 0 fully saturated rings. The van der Waals surface area contributed by atoms with Crippen LogP contribution in [0.4, 0.5) is 0 Å². The molecule has 5 nitrogen and oxygen atoms in total. The molecule has 3 aromatic rings. The van der Waals surface area contributed by atoms with Gasteiger partial charge >= 0.3 is 5.97 Å².